The lowest BCUT2D eigenvalue weighted by Gasteiger charge is -2.20. The highest BCUT2D eigenvalue weighted by Crippen LogP contribution is 2.29. The molecule has 1 aromatic heterocycles. The van der Waals surface area contributed by atoms with Gasteiger partial charge in [0, 0.05) is 47.8 Å². The molecule has 5 rings (SSSR count). The summed E-state index contributed by atoms with van der Waals surface area (Å²) in [6, 6.07) is 20.9. The Kier molecular flexibility index (Phi) is 7.24. The van der Waals surface area contributed by atoms with Crippen LogP contribution in [0.15, 0.2) is 66.7 Å². The zero-order chi connectivity index (χ0) is 27.7. The molecule has 2 heterocycles. The van der Waals surface area contributed by atoms with Crippen molar-refractivity contribution in [3.05, 3.63) is 94.7 Å². The van der Waals surface area contributed by atoms with Crippen molar-refractivity contribution in [1.82, 2.24) is 14.8 Å². The third kappa shape index (κ3) is 5.17. The topological polar surface area (TPSA) is 91.6 Å². The summed E-state index contributed by atoms with van der Waals surface area (Å²) in [5, 5.41) is 13.7. The van der Waals surface area contributed by atoms with Gasteiger partial charge in [0.1, 0.15) is 0 Å². The van der Waals surface area contributed by atoms with Gasteiger partial charge in [-0.1, -0.05) is 42.5 Å². The molecule has 2 N–H and O–H groups in total. The molecule has 39 heavy (non-hydrogen) atoms. The lowest BCUT2D eigenvalue weighted by molar-refractivity contribution is -0.117. The molecule has 1 saturated heterocycles. The van der Waals surface area contributed by atoms with E-state index in [1.165, 1.54) is 0 Å². The average molecular weight is 524 g/mol. The number of carbonyl (C=O) groups is 3. The molecule has 1 fully saturated rings. The quantitative estimate of drug-likeness (QED) is 0.308. The number of benzene rings is 3. The van der Waals surface area contributed by atoms with Gasteiger partial charge in [0.2, 0.25) is 6.41 Å². The third-order valence-corrected chi connectivity index (χ3v) is 8.14. The molecule has 2 amide bonds. The number of carboxylic acids is 1. The first-order chi connectivity index (χ1) is 18.8. The fraction of sp³-hybridized carbons (Fsp3) is 0.281. The number of likely N-dealkylation sites (tertiary alicyclic amines) is 1. The molecule has 0 saturated carbocycles. The van der Waals surface area contributed by atoms with Gasteiger partial charge in [-0.05, 0) is 79.6 Å². The SMILES string of the molecule is Cc1c(C)n(Cc2ccc(-c3ccccc3C(=O)O)cc2)c2ccc(C(=O)N[C@@H](C)[C@@H]3CCN(C=O)C3)cc12. The van der Waals surface area contributed by atoms with Crippen LogP contribution in [0.25, 0.3) is 22.0 Å². The number of aromatic carboxylic acids is 1. The summed E-state index contributed by atoms with van der Waals surface area (Å²) < 4.78 is 2.25. The molecule has 4 aromatic rings. The normalized spacial score (nSPS) is 15.9. The first-order valence-corrected chi connectivity index (χ1v) is 13.3. The Labute approximate surface area is 228 Å². The second-order valence-electron chi connectivity index (χ2n) is 10.5. The van der Waals surface area contributed by atoms with Gasteiger partial charge in [0.15, 0.2) is 0 Å². The minimum atomic E-state index is -0.940. The number of aryl methyl sites for hydroxylation is 1. The van der Waals surface area contributed by atoms with E-state index in [0.29, 0.717) is 24.2 Å². The lowest BCUT2D eigenvalue weighted by Crippen LogP contribution is -2.39. The summed E-state index contributed by atoms with van der Waals surface area (Å²) >= 11 is 0. The average Bonchev–Trinajstić information content (AvgIpc) is 3.53. The summed E-state index contributed by atoms with van der Waals surface area (Å²) in [6.45, 7) is 8.26. The Morgan fingerprint density at radius 3 is 2.51 bits per heavy atom. The van der Waals surface area contributed by atoms with E-state index in [1.807, 2.05) is 61.5 Å². The summed E-state index contributed by atoms with van der Waals surface area (Å²) in [5.74, 6) is -0.780. The summed E-state index contributed by atoms with van der Waals surface area (Å²) in [5.41, 5.74) is 6.91. The highest BCUT2D eigenvalue weighted by molar-refractivity contribution is 5.99. The van der Waals surface area contributed by atoms with Gasteiger partial charge in [-0.15, -0.1) is 0 Å². The van der Waals surface area contributed by atoms with E-state index in [0.717, 1.165) is 52.7 Å². The van der Waals surface area contributed by atoms with Gasteiger partial charge >= 0.3 is 5.97 Å². The van der Waals surface area contributed by atoms with Crippen molar-refractivity contribution < 1.29 is 19.5 Å². The van der Waals surface area contributed by atoms with E-state index >= 15 is 0 Å². The van der Waals surface area contributed by atoms with Crippen LogP contribution in [0.4, 0.5) is 0 Å². The molecule has 1 aliphatic heterocycles. The van der Waals surface area contributed by atoms with Crippen LogP contribution in [-0.4, -0.2) is 52.0 Å². The van der Waals surface area contributed by atoms with Crippen molar-refractivity contribution in [1.29, 1.82) is 0 Å². The van der Waals surface area contributed by atoms with Crippen LogP contribution >= 0.6 is 0 Å². The first-order valence-electron chi connectivity index (χ1n) is 13.3. The van der Waals surface area contributed by atoms with Gasteiger partial charge in [0.05, 0.1) is 5.56 Å². The van der Waals surface area contributed by atoms with Crippen LogP contribution in [0.3, 0.4) is 0 Å². The predicted molar refractivity (Wildman–Crippen MR) is 152 cm³/mol. The van der Waals surface area contributed by atoms with Gasteiger partial charge in [-0.2, -0.15) is 0 Å². The zero-order valence-corrected chi connectivity index (χ0v) is 22.5. The molecule has 200 valence electrons. The number of nitrogens with one attached hydrogen (secondary N) is 1. The minimum absolute atomic E-state index is 0.0176. The smallest absolute Gasteiger partial charge is 0.336 e. The molecule has 2 atom stereocenters. The molecule has 0 unspecified atom stereocenters. The number of nitrogens with zero attached hydrogens (tertiary/aromatic N) is 2. The Bertz CT molecular complexity index is 1550. The monoisotopic (exact) mass is 523 g/mol. The zero-order valence-electron chi connectivity index (χ0n) is 22.5. The number of carbonyl (C=O) groups excluding carboxylic acids is 2. The van der Waals surface area contributed by atoms with E-state index in [1.54, 1.807) is 17.0 Å². The molecular weight excluding hydrogens is 490 g/mol. The maximum absolute atomic E-state index is 13.1. The molecule has 7 nitrogen and oxygen atoms in total. The molecule has 1 aliphatic rings. The van der Waals surface area contributed by atoms with E-state index in [2.05, 4.69) is 23.7 Å². The van der Waals surface area contributed by atoms with Crippen LogP contribution in [0, 0.1) is 19.8 Å². The van der Waals surface area contributed by atoms with E-state index in [9.17, 15) is 19.5 Å². The number of carboxylic acid groups (broad SMARTS) is 1. The number of hydrogen-bond donors (Lipinski definition) is 2. The minimum Gasteiger partial charge on any atom is -0.478 e. The summed E-state index contributed by atoms with van der Waals surface area (Å²) in [6.07, 6.45) is 1.78. The fourth-order valence-corrected chi connectivity index (χ4v) is 5.62. The maximum Gasteiger partial charge on any atom is 0.336 e. The molecule has 7 heteroatoms. The van der Waals surface area contributed by atoms with Gasteiger partial charge < -0.3 is 19.9 Å². The van der Waals surface area contributed by atoms with Crippen LogP contribution in [0.2, 0.25) is 0 Å². The Balaban J connectivity index is 1.35. The number of amides is 2. The number of fused-ring (bicyclic) bond motifs is 1. The number of hydrogen-bond acceptors (Lipinski definition) is 3. The molecule has 0 bridgehead atoms. The highest BCUT2D eigenvalue weighted by Gasteiger charge is 2.27. The maximum atomic E-state index is 13.1. The van der Waals surface area contributed by atoms with Crippen LogP contribution < -0.4 is 5.32 Å². The van der Waals surface area contributed by atoms with Crippen molar-refractivity contribution in [2.24, 2.45) is 5.92 Å². The van der Waals surface area contributed by atoms with Crippen molar-refractivity contribution in [3.63, 3.8) is 0 Å². The standard InChI is InChI=1S/C32H33N3O4/c1-20-22(3)35(17-23-8-10-24(11-9-23)27-6-4-5-7-28(27)32(38)39)30-13-12-25(16-29(20)30)31(37)33-21(2)26-14-15-34(18-26)19-36/h4-13,16,19,21,26H,14-15,17-18H2,1-3H3,(H,33,37)(H,38,39)/t21-,26+/m0/s1. The van der Waals surface area contributed by atoms with E-state index in [-0.39, 0.29) is 23.4 Å². The molecule has 0 aliphatic carbocycles. The van der Waals surface area contributed by atoms with Crippen LogP contribution in [-0.2, 0) is 11.3 Å². The van der Waals surface area contributed by atoms with Crippen molar-refractivity contribution in [2.45, 2.75) is 39.8 Å². The summed E-state index contributed by atoms with van der Waals surface area (Å²) in [7, 11) is 0. The van der Waals surface area contributed by atoms with Crippen molar-refractivity contribution in [3.8, 4) is 11.1 Å². The first kappa shape index (κ1) is 26.2. The molecular formula is C32H33N3O4. The second kappa shape index (κ2) is 10.8. The van der Waals surface area contributed by atoms with E-state index < -0.39 is 5.97 Å². The fourth-order valence-electron chi connectivity index (χ4n) is 5.62. The Hall–Kier alpha value is -4.39. The van der Waals surface area contributed by atoms with Crippen LogP contribution in [0.1, 0.15) is 50.9 Å². The van der Waals surface area contributed by atoms with Crippen LogP contribution in [0.5, 0.6) is 0 Å². The van der Waals surface area contributed by atoms with Crippen molar-refractivity contribution in [2.75, 3.05) is 13.1 Å². The van der Waals surface area contributed by atoms with Gasteiger partial charge in [0.25, 0.3) is 5.91 Å². The number of aromatic nitrogens is 1. The Morgan fingerprint density at radius 1 is 1.08 bits per heavy atom. The number of rotatable bonds is 8. The lowest BCUT2D eigenvalue weighted by atomic mass is 9.99. The second-order valence-corrected chi connectivity index (χ2v) is 10.5. The predicted octanol–water partition coefficient (Wildman–Crippen LogP) is 5.27. The van der Waals surface area contributed by atoms with Gasteiger partial charge in [-0.25, -0.2) is 4.79 Å². The van der Waals surface area contributed by atoms with E-state index in [4.69, 9.17) is 0 Å². The summed E-state index contributed by atoms with van der Waals surface area (Å²) in [4.78, 5) is 37.5. The molecule has 3 aromatic carbocycles. The largest absolute Gasteiger partial charge is 0.478 e. The molecule has 0 spiro atoms. The highest BCUT2D eigenvalue weighted by atomic mass is 16.4. The third-order valence-electron chi connectivity index (χ3n) is 8.14. The Morgan fingerprint density at radius 2 is 1.82 bits per heavy atom. The molecule has 0 radical (unpaired) electrons. The van der Waals surface area contributed by atoms with Gasteiger partial charge in [-0.3, -0.25) is 9.59 Å². The van der Waals surface area contributed by atoms with Crippen molar-refractivity contribution >= 4 is 29.2 Å².